The minimum atomic E-state index is -0.471. The predicted octanol–water partition coefficient (Wildman–Crippen LogP) is 6.16. The van der Waals surface area contributed by atoms with Gasteiger partial charge in [0.1, 0.15) is 22.7 Å². The highest BCUT2D eigenvalue weighted by Crippen LogP contribution is 2.36. The van der Waals surface area contributed by atoms with E-state index in [1.54, 1.807) is 32.2 Å². The van der Waals surface area contributed by atoms with Crippen molar-refractivity contribution in [2.24, 2.45) is 0 Å². The van der Waals surface area contributed by atoms with Gasteiger partial charge in [-0.1, -0.05) is 30.3 Å². The van der Waals surface area contributed by atoms with E-state index in [0.717, 1.165) is 17.0 Å². The Bertz CT molecular complexity index is 1380. The number of aryl methyl sites for hydroxylation is 1. The number of fused-ring (bicyclic) bond motifs is 1. The van der Waals surface area contributed by atoms with Crippen molar-refractivity contribution in [3.63, 3.8) is 0 Å². The summed E-state index contributed by atoms with van der Waals surface area (Å²) in [5, 5.41) is 0.573. The van der Waals surface area contributed by atoms with Gasteiger partial charge in [-0.05, 0) is 52.0 Å². The fourth-order valence-corrected chi connectivity index (χ4v) is 4.65. The van der Waals surface area contributed by atoms with Crippen LogP contribution in [0.15, 0.2) is 59.0 Å². The highest BCUT2D eigenvalue weighted by Gasteiger charge is 2.24. The zero-order valence-corrected chi connectivity index (χ0v) is 21.3. The van der Waals surface area contributed by atoms with Crippen LogP contribution in [0, 0.1) is 13.8 Å². The molecule has 0 aliphatic heterocycles. The van der Waals surface area contributed by atoms with Crippen molar-refractivity contribution in [2.75, 3.05) is 26.9 Å². The van der Waals surface area contributed by atoms with Gasteiger partial charge in [0, 0.05) is 35.0 Å². The van der Waals surface area contributed by atoms with Crippen molar-refractivity contribution < 1.29 is 28.2 Å². The summed E-state index contributed by atoms with van der Waals surface area (Å²) in [5.74, 6) is 0.307. The average Bonchev–Trinajstić information content (AvgIpc) is 3.40. The Morgan fingerprint density at radius 3 is 2.50 bits per heavy atom. The lowest BCUT2D eigenvalue weighted by atomic mass is 10.1. The molecule has 0 bridgehead atoms. The van der Waals surface area contributed by atoms with E-state index in [0.29, 0.717) is 40.2 Å². The van der Waals surface area contributed by atoms with E-state index in [4.69, 9.17) is 18.6 Å². The molecule has 0 spiro atoms. The van der Waals surface area contributed by atoms with E-state index in [9.17, 15) is 9.59 Å². The number of ketones is 1. The van der Waals surface area contributed by atoms with E-state index in [1.807, 2.05) is 50.2 Å². The summed E-state index contributed by atoms with van der Waals surface area (Å²) in [5.41, 5.74) is 4.14. The number of benzene rings is 2. The lowest BCUT2D eigenvalue weighted by Crippen LogP contribution is -2.16. The second-order valence-electron chi connectivity index (χ2n) is 8.72. The molecule has 4 rings (SSSR count). The normalized spacial score (nSPS) is 12.0. The number of methoxy groups -OCH3 is 1. The van der Waals surface area contributed by atoms with Crippen molar-refractivity contribution in [3.05, 3.63) is 77.1 Å². The highest BCUT2D eigenvalue weighted by molar-refractivity contribution is 6.09. The van der Waals surface area contributed by atoms with Crippen molar-refractivity contribution in [1.82, 2.24) is 4.57 Å². The number of esters is 1. The Morgan fingerprint density at radius 1 is 1.06 bits per heavy atom. The molecule has 2 heterocycles. The number of carbonyl (C=O) groups is 2. The minimum Gasteiger partial charge on any atom is -0.485 e. The van der Waals surface area contributed by atoms with E-state index in [-0.39, 0.29) is 25.0 Å². The number of nitrogens with zero attached hydrogens (tertiary/aromatic N) is 1. The molecule has 0 aliphatic carbocycles. The first-order valence-electron chi connectivity index (χ1n) is 12.0. The molecule has 0 saturated heterocycles. The molecule has 0 radical (unpaired) electrons. The van der Waals surface area contributed by atoms with E-state index in [1.165, 1.54) is 0 Å². The first kappa shape index (κ1) is 25.3. The summed E-state index contributed by atoms with van der Waals surface area (Å²) >= 11 is 0. The molecule has 0 amide bonds. The summed E-state index contributed by atoms with van der Waals surface area (Å²) in [7, 11) is 1.66. The Morgan fingerprint density at radius 2 is 1.81 bits per heavy atom. The molecule has 36 heavy (non-hydrogen) atoms. The molecule has 2 aromatic heterocycles. The van der Waals surface area contributed by atoms with Crippen LogP contribution in [0.4, 0.5) is 0 Å². The second kappa shape index (κ2) is 10.8. The summed E-state index contributed by atoms with van der Waals surface area (Å²) in [6, 6.07) is 16.6. The Labute approximate surface area is 210 Å². The summed E-state index contributed by atoms with van der Waals surface area (Å²) in [4.78, 5) is 25.9. The average molecular weight is 490 g/mol. The van der Waals surface area contributed by atoms with Crippen LogP contribution in [0.1, 0.15) is 52.0 Å². The molecule has 4 aromatic rings. The van der Waals surface area contributed by atoms with Crippen molar-refractivity contribution in [1.29, 1.82) is 0 Å². The number of carbonyl (C=O) groups excluding carboxylic acids is 2. The third-order valence-electron chi connectivity index (χ3n) is 6.18. The Balaban J connectivity index is 1.61. The number of aromatic nitrogens is 1. The van der Waals surface area contributed by atoms with Gasteiger partial charge in [-0.3, -0.25) is 4.79 Å². The first-order chi connectivity index (χ1) is 17.3. The molecule has 2 aromatic carbocycles. The predicted molar refractivity (Wildman–Crippen MR) is 138 cm³/mol. The molecule has 0 unspecified atom stereocenters. The Kier molecular flexibility index (Phi) is 7.60. The number of hydrogen-bond acceptors (Lipinski definition) is 6. The van der Waals surface area contributed by atoms with Gasteiger partial charge in [-0.2, -0.15) is 0 Å². The fraction of sp³-hybridized carbons (Fsp3) is 0.310. The van der Waals surface area contributed by atoms with Gasteiger partial charge >= 0.3 is 5.97 Å². The van der Waals surface area contributed by atoms with Crippen molar-refractivity contribution >= 4 is 22.7 Å². The van der Waals surface area contributed by atoms with E-state index >= 15 is 0 Å². The molecule has 7 nitrogen and oxygen atoms in total. The highest BCUT2D eigenvalue weighted by atomic mass is 16.5. The van der Waals surface area contributed by atoms with Gasteiger partial charge in [0.25, 0.3) is 0 Å². The largest absolute Gasteiger partial charge is 0.485 e. The maximum Gasteiger partial charge on any atom is 0.342 e. The maximum absolute atomic E-state index is 13.0. The second-order valence-corrected chi connectivity index (χ2v) is 8.72. The smallest absolute Gasteiger partial charge is 0.342 e. The Hall–Kier alpha value is -3.84. The molecular formula is C29H31NO6. The monoisotopic (exact) mass is 489 g/mol. The first-order valence-corrected chi connectivity index (χ1v) is 12.0. The van der Waals surface area contributed by atoms with Gasteiger partial charge < -0.3 is 23.2 Å². The van der Waals surface area contributed by atoms with Crippen LogP contribution in [0.5, 0.6) is 5.75 Å². The zero-order chi connectivity index (χ0) is 25.8. The summed E-state index contributed by atoms with van der Waals surface area (Å²) in [6.45, 7) is 8.39. The number of furan rings is 1. The standard InChI is InChI=1S/C29H31NO6/c1-6-34-29(32)27-24-15-22(12-13-26(24)36-28(27)21-10-8-7-9-11-21)35-17-25(31)23-14-18(2)30(20(23)4)19(3)16-33-5/h7-15,19H,6,16-17H2,1-5H3/t19-/m0/s1. The van der Waals surface area contributed by atoms with Crippen LogP contribution in [0.25, 0.3) is 22.3 Å². The minimum absolute atomic E-state index is 0.112. The van der Waals surface area contributed by atoms with Gasteiger partial charge in [0.05, 0.1) is 19.3 Å². The van der Waals surface area contributed by atoms with Crippen LogP contribution in [-0.2, 0) is 9.47 Å². The summed E-state index contributed by atoms with van der Waals surface area (Å²) in [6.07, 6.45) is 0. The molecule has 0 fully saturated rings. The van der Waals surface area contributed by atoms with Gasteiger partial charge in [0.15, 0.2) is 6.61 Å². The van der Waals surface area contributed by atoms with Crippen LogP contribution in [0.2, 0.25) is 0 Å². The van der Waals surface area contributed by atoms with E-state index in [2.05, 4.69) is 11.5 Å². The van der Waals surface area contributed by atoms with Gasteiger partial charge in [0.2, 0.25) is 5.78 Å². The number of hydrogen-bond donors (Lipinski definition) is 0. The molecule has 0 saturated carbocycles. The lowest BCUT2D eigenvalue weighted by molar-refractivity contribution is 0.0528. The lowest BCUT2D eigenvalue weighted by Gasteiger charge is -2.17. The van der Waals surface area contributed by atoms with Crippen molar-refractivity contribution in [3.8, 4) is 17.1 Å². The van der Waals surface area contributed by atoms with Crippen LogP contribution in [0.3, 0.4) is 0 Å². The van der Waals surface area contributed by atoms with Crippen molar-refractivity contribution in [2.45, 2.75) is 33.7 Å². The fourth-order valence-electron chi connectivity index (χ4n) is 4.65. The molecule has 188 valence electrons. The van der Waals surface area contributed by atoms with Crippen LogP contribution in [-0.4, -0.2) is 43.3 Å². The molecule has 0 aliphatic rings. The quantitative estimate of drug-likeness (QED) is 0.196. The molecule has 1 atom stereocenters. The third-order valence-corrected chi connectivity index (χ3v) is 6.18. The zero-order valence-electron chi connectivity index (χ0n) is 21.3. The van der Waals surface area contributed by atoms with Gasteiger partial charge in [-0.25, -0.2) is 4.79 Å². The van der Waals surface area contributed by atoms with Crippen LogP contribution >= 0.6 is 0 Å². The maximum atomic E-state index is 13.0. The number of rotatable bonds is 10. The van der Waals surface area contributed by atoms with Crippen LogP contribution < -0.4 is 4.74 Å². The molecular weight excluding hydrogens is 458 g/mol. The number of Topliss-reactive ketones (excluding diaryl/α,β-unsaturated/α-hetero) is 1. The van der Waals surface area contributed by atoms with E-state index < -0.39 is 5.97 Å². The molecule has 0 N–H and O–H groups in total. The topological polar surface area (TPSA) is 79.9 Å². The van der Waals surface area contributed by atoms with Gasteiger partial charge in [-0.15, -0.1) is 0 Å². The molecule has 7 heteroatoms. The third kappa shape index (κ3) is 4.93. The number of ether oxygens (including phenoxy) is 3. The SMILES string of the molecule is CCOC(=O)c1c(-c2ccccc2)oc2ccc(OCC(=O)c3cc(C)n([C@@H](C)COC)c3C)cc12. The summed E-state index contributed by atoms with van der Waals surface area (Å²) < 4.78 is 24.6.